The van der Waals surface area contributed by atoms with E-state index in [1.807, 2.05) is 45.9 Å². The second-order valence-electron chi connectivity index (χ2n) is 5.66. The highest BCUT2D eigenvalue weighted by Gasteiger charge is 2.35. The van der Waals surface area contributed by atoms with Gasteiger partial charge in [-0.15, -0.1) is 5.10 Å². The molecule has 1 aromatic heterocycles. The third-order valence-electron chi connectivity index (χ3n) is 4.54. The lowest BCUT2D eigenvalue weighted by Gasteiger charge is -2.44. The molecule has 23 heavy (non-hydrogen) atoms. The van der Waals surface area contributed by atoms with E-state index in [9.17, 15) is 0 Å². The lowest BCUT2D eigenvalue weighted by molar-refractivity contribution is 0.0504. The minimum atomic E-state index is 0.521. The highest BCUT2D eigenvalue weighted by Crippen LogP contribution is 2.35. The van der Waals surface area contributed by atoms with Gasteiger partial charge in [0, 0.05) is 12.1 Å². The summed E-state index contributed by atoms with van der Waals surface area (Å²) in [5.74, 6) is 0.787. The summed E-state index contributed by atoms with van der Waals surface area (Å²) in [6.45, 7) is 11.7. The Labute approximate surface area is 140 Å². The molecule has 5 rings (SSSR count). The van der Waals surface area contributed by atoms with Crippen molar-refractivity contribution in [2.45, 2.75) is 46.6 Å². The van der Waals surface area contributed by atoms with Crippen LogP contribution < -0.4 is 0 Å². The van der Waals surface area contributed by atoms with E-state index in [4.69, 9.17) is 0 Å². The SMILES string of the molecule is CC.CC.c1ccc(-c2cn(C3CN4CCC3CC4)nn2)cc1. The van der Waals surface area contributed by atoms with Crippen molar-refractivity contribution in [1.82, 2.24) is 19.9 Å². The van der Waals surface area contributed by atoms with Gasteiger partial charge in [-0.05, 0) is 31.8 Å². The summed E-state index contributed by atoms with van der Waals surface area (Å²) in [6.07, 6.45) is 4.73. The fourth-order valence-corrected chi connectivity index (χ4v) is 3.41. The molecule has 1 aromatic carbocycles. The smallest absolute Gasteiger partial charge is 0.113 e. The quantitative estimate of drug-likeness (QED) is 0.830. The molecular formula is C19H30N4. The van der Waals surface area contributed by atoms with E-state index in [0.29, 0.717) is 6.04 Å². The van der Waals surface area contributed by atoms with Crippen LogP contribution in [0.1, 0.15) is 46.6 Å². The molecule has 2 aromatic rings. The van der Waals surface area contributed by atoms with Gasteiger partial charge in [0.05, 0.1) is 12.2 Å². The number of hydrogen-bond donors (Lipinski definition) is 0. The number of nitrogens with zero attached hydrogens (tertiary/aromatic N) is 4. The molecule has 1 unspecified atom stereocenters. The molecule has 4 nitrogen and oxygen atoms in total. The predicted molar refractivity (Wildman–Crippen MR) is 96.4 cm³/mol. The van der Waals surface area contributed by atoms with Gasteiger partial charge in [-0.25, -0.2) is 4.68 Å². The lowest BCUT2D eigenvalue weighted by atomic mass is 9.84. The molecule has 126 valence electrons. The number of rotatable bonds is 2. The van der Waals surface area contributed by atoms with Crippen molar-refractivity contribution in [2.24, 2.45) is 5.92 Å². The first-order valence-electron chi connectivity index (χ1n) is 9.10. The van der Waals surface area contributed by atoms with Crippen LogP contribution in [-0.2, 0) is 0 Å². The summed E-state index contributed by atoms with van der Waals surface area (Å²) in [6, 6.07) is 10.8. The molecule has 3 saturated heterocycles. The van der Waals surface area contributed by atoms with Crippen molar-refractivity contribution in [2.75, 3.05) is 19.6 Å². The Balaban J connectivity index is 0.000000448. The zero-order valence-corrected chi connectivity index (χ0v) is 14.9. The van der Waals surface area contributed by atoms with E-state index < -0.39 is 0 Å². The van der Waals surface area contributed by atoms with E-state index in [0.717, 1.165) is 23.7 Å². The maximum absolute atomic E-state index is 4.37. The third-order valence-corrected chi connectivity index (χ3v) is 4.54. The summed E-state index contributed by atoms with van der Waals surface area (Å²) >= 11 is 0. The Bertz CT molecular complexity index is 556. The van der Waals surface area contributed by atoms with Gasteiger partial charge in [0.1, 0.15) is 5.69 Å². The van der Waals surface area contributed by atoms with Crippen molar-refractivity contribution in [3.63, 3.8) is 0 Å². The molecule has 0 aliphatic carbocycles. The normalized spacial score (nSPS) is 25.0. The lowest BCUT2D eigenvalue weighted by Crippen LogP contribution is -2.48. The average molecular weight is 314 g/mol. The van der Waals surface area contributed by atoms with Crippen LogP contribution in [0.25, 0.3) is 11.3 Å². The molecule has 0 amide bonds. The standard InChI is InChI=1S/C15H18N4.2C2H6/c1-2-4-12(5-3-1)14-10-19(17-16-14)15-11-18-8-6-13(15)7-9-18;2*1-2/h1-5,10,13,15H,6-9,11H2;2*1-2H3. The Morgan fingerprint density at radius 2 is 1.61 bits per heavy atom. The second kappa shape index (κ2) is 8.82. The van der Waals surface area contributed by atoms with Gasteiger partial charge < -0.3 is 4.90 Å². The van der Waals surface area contributed by atoms with Crippen LogP contribution in [0.5, 0.6) is 0 Å². The molecule has 4 heterocycles. The minimum absolute atomic E-state index is 0.521. The van der Waals surface area contributed by atoms with E-state index in [1.54, 1.807) is 0 Å². The first-order chi connectivity index (χ1) is 11.4. The van der Waals surface area contributed by atoms with Gasteiger partial charge in [0.2, 0.25) is 0 Å². The van der Waals surface area contributed by atoms with Crippen molar-refractivity contribution >= 4 is 0 Å². The topological polar surface area (TPSA) is 34.0 Å². The first-order valence-corrected chi connectivity index (χ1v) is 9.10. The molecule has 0 N–H and O–H groups in total. The average Bonchev–Trinajstić information content (AvgIpc) is 3.17. The summed E-state index contributed by atoms with van der Waals surface area (Å²) in [5.41, 5.74) is 2.13. The molecule has 0 radical (unpaired) electrons. The number of fused-ring (bicyclic) bond motifs is 3. The number of aromatic nitrogens is 3. The molecule has 0 spiro atoms. The molecule has 2 bridgehead atoms. The Hall–Kier alpha value is -1.68. The van der Waals surface area contributed by atoms with Crippen molar-refractivity contribution in [3.8, 4) is 11.3 Å². The van der Waals surface area contributed by atoms with Crippen LogP contribution in [0.4, 0.5) is 0 Å². The summed E-state index contributed by atoms with van der Waals surface area (Å²) < 4.78 is 2.10. The molecule has 1 atom stereocenters. The fraction of sp³-hybridized carbons (Fsp3) is 0.579. The second-order valence-corrected chi connectivity index (χ2v) is 5.66. The van der Waals surface area contributed by atoms with Gasteiger partial charge in [0.25, 0.3) is 0 Å². The van der Waals surface area contributed by atoms with E-state index in [1.165, 1.54) is 25.9 Å². The summed E-state index contributed by atoms with van der Waals surface area (Å²) in [5, 5.41) is 8.71. The zero-order chi connectivity index (χ0) is 16.7. The van der Waals surface area contributed by atoms with Crippen LogP contribution in [0.15, 0.2) is 36.5 Å². The van der Waals surface area contributed by atoms with Gasteiger partial charge in [0.15, 0.2) is 0 Å². The molecule has 3 aliphatic heterocycles. The van der Waals surface area contributed by atoms with Crippen molar-refractivity contribution < 1.29 is 0 Å². The number of hydrogen-bond acceptors (Lipinski definition) is 3. The van der Waals surface area contributed by atoms with Crippen LogP contribution in [-0.4, -0.2) is 39.5 Å². The fourth-order valence-electron chi connectivity index (χ4n) is 3.41. The summed E-state index contributed by atoms with van der Waals surface area (Å²) in [7, 11) is 0. The Morgan fingerprint density at radius 3 is 2.17 bits per heavy atom. The zero-order valence-electron chi connectivity index (χ0n) is 14.9. The largest absolute Gasteiger partial charge is 0.301 e. The van der Waals surface area contributed by atoms with Crippen molar-refractivity contribution in [3.05, 3.63) is 36.5 Å². The molecule has 4 heteroatoms. The van der Waals surface area contributed by atoms with Crippen LogP contribution in [0.3, 0.4) is 0 Å². The maximum Gasteiger partial charge on any atom is 0.113 e. The molecular weight excluding hydrogens is 284 g/mol. The van der Waals surface area contributed by atoms with Crippen LogP contribution >= 0.6 is 0 Å². The maximum atomic E-state index is 4.37. The first kappa shape index (κ1) is 17.7. The Kier molecular flexibility index (Phi) is 6.78. The highest BCUT2D eigenvalue weighted by molar-refractivity contribution is 5.57. The monoisotopic (exact) mass is 314 g/mol. The van der Waals surface area contributed by atoms with Gasteiger partial charge in [-0.1, -0.05) is 63.2 Å². The predicted octanol–water partition coefficient (Wildman–Crippen LogP) is 4.26. The van der Waals surface area contributed by atoms with Gasteiger partial charge in [-0.2, -0.15) is 0 Å². The van der Waals surface area contributed by atoms with Crippen LogP contribution in [0, 0.1) is 5.92 Å². The van der Waals surface area contributed by atoms with E-state index in [2.05, 4.69) is 38.2 Å². The van der Waals surface area contributed by atoms with Crippen LogP contribution in [0.2, 0.25) is 0 Å². The minimum Gasteiger partial charge on any atom is -0.301 e. The van der Waals surface area contributed by atoms with E-state index >= 15 is 0 Å². The molecule has 0 saturated carbocycles. The molecule has 3 fully saturated rings. The van der Waals surface area contributed by atoms with Crippen molar-refractivity contribution in [1.29, 1.82) is 0 Å². The van der Waals surface area contributed by atoms with Gasteiger partial charge in [-0.3, -0.25) is 0 Å². The highest BCUT2D eigenvalue weighted by atomic mass is 15.4. The number of benzene rings is 1. The van der Waals surface area contributed by atoms with E-state index in [-0.39, 0.29) is 0 Å². The number of piperidine rings is 3. The van der Waals surface area contributed by atoms with Gasteiger partial charge >= 0.3 is 0 Å². The summed E-state index contributed by atoms with van der Waals surface area (Å²) in [4.78, 5) is 2.55. The Morgan fingerprint density at radius 1 is 0.957 bits per heavy atom. The third kappa shape index (κ3) is 3.99. The molecule has 3 aliphatic rings.